The molecule has 0 aliphatic heterocycles. The van der Waals surface area contributed by atoms with Gasteiger partial charge in [0.15, 0.2) is 0 Å². The Hall–Kier alpha value is -0.720. The fourth-order valence-corrected chi connectivity index (χ4v) is 2.66. The van der Waals surface area contributed by atoms with Gasteiger partial charge in [-0.25, -0.2) is 4.98 Å². The van der Waals surface area contributed by atoms with Gasteiger partial charge in [-0.1, -0.05) is 6.92 Å². The van der Waals surface area contributed by atoms with Gasteiger partial charge in [0.2, 0.25) is 0 Å². The Labute approximate surface area is 106 Å². The zero-order valence-corrected chi connectivity index (χ0v) is 11.2. The van der Waals surface area contributed by atoms with Crippen molar-refractivity contribution in [3.8, 4) is 0 Å². The molecule has 2 aromatic heterocycles. The second kappa shape index (κ2) is 5.07. The summed E-state index contributed by atoms with van der Waals surface area (Å²) in [6.45, 7) is 2.87. The molecular formula is C10H12BrN3OS. The summed E-state index contributed by atoms with van der Waals surface area (Å²) >= 11 is 4.85. The highest BCUT2D eigenvalue weighted by Gasteiger charge is 2.21. The maximum atomic E-state index is 10.2. The number of aryl methyl sites for hydroxylation is 1. The molecule has 6 heteroatoms. The second-order valence-electron chi connectivity index (χ2n) is 3.37. The van der Waals surface area contributed by atoms with Crippen LogP contribution >= 0.6 is 27.3 Å². The first-order chi connectivity index (χ1) is 7.74. The van der Waals surface area contributed by atoms with Gasteiger partial charge in [0.1, 0.15) is 11.1 Å². The predicted octanol–water partition coefficient (Wildman–Crippen LogP) is 2.59. The SMILES string of the molecule is CCCn1ncc(Br)c1C(O)c1nccs1. The monoisotopic (exact) mass is 301 g/mol. The van der Waals surface area contributed by atoms with E-state index >= 15 is 0 Å². The number of hydrogen-bond acceptors (Lipinski definition) is 4. The van der Waals surface area contributed by atoms with Gasteiger partial charge in [-0.05, 0) is 22.4 Å². The van der Waals surface area contributed by atoms with E-state index in [4.69, 9.17) is 0 Å². The minimum absolute atomic E-state index is 0.693. The van der Waals surface area contributed by atoms with Crippen LogP contribution < -0.4 is 0 Å². The molecule has 0 saturated heterocycles. The lowest BCUT2D eigenvalue weighted by atomic mass is 10.2. The lowest BCUT2D eigenvalue weighted by Crippen LogP contribution is -2.10. The number of aliphatic hydroxyl groups excluding tert-OH is 1. The first kappa shape index (κ1) is 11.8. The van der Waals surface area contributed by atoms with Crippen molar-refractivity contribution in [3.63, 3.8) is 0 Å². The van der Waals surface area contributed by atoms with Crippen LogP contribution in [0.2, 0.25) is 0 Å². The topological polar surface area (TPSA) is 50.9 Å². The molecule has 0 saturated carbocycles. The van der Waals surface area contributed by atoms with Gasteiger partial charge in [0, 0.05) is 18.1 Å². The van der Waals surface area contributed by atoms with E-state index in [-0.39, 0.29) is 0 Å². The minimum atomic E-state index is -0.705. The van der Waals surface area contributed by atoms with Crippen LogP contribution in [0.3, 0.4) is 0 Å². The predicted molar refractivity (Wildman–Crippen MR) is 66.4 cm³/mol. The van der Waals surface area contributed by atoms with Crippen molar-refractivity contribution < 1.29 is 5.11 Å². The maximum absolute atomic E-state index is 10.2. The van der Waals surface area contributed by atoms with E-state index < -0.39 is 6.10 Å². The molecule has 0 amide bonds. The molecule has 2 aromatic rings. The van der Waals surface area contributed by atoms with Crippen LogP contribution in [-0.4, -0.2) is 19.9 Å². The van der Waals surface area contributed by atoms with E-state index in [0.29, 0.717) is 5.01 Å². The van der Waals surface area contributed by atoms with Crippen molar-refractivity contribution in [1.29, 1.82) is 0 Å². The van der Waals surface area contributed by atoms with E-state index in [1.165, 1.54) is 11.3 Å². The smallest absolute Gasteiger partial charge is 0.148 e. The molecule has 0 aromatic carbocycles. The highest BCUT2D eigenvalue weighted by atomic mass is 79.9. The van der Waals surface area contributed by atoms with Crippen molar-refractivity contribution in [2.75, 3.05) is 0 Å². The summed E-state index contributed by atoms with van der Waals surface area (Å²) in [4.78, 5) is 4.12. The zero-order chi connectivity index (χ0) is 11.5. The van der Waals surface area contributed by atoms with Crippen molar-refractivity contribution in [2.24, 2.45) is 0 Å². The Morgan fingerprint density at radius 3 is 3.06 bits per heavy atom. The van der Waals surface area contributed by atoms with Crippen LogP contribution in [0.25, 0.3) is 0 Å². The first-order valence-electron chi connectivity index (χ1n) is 5.02. The molecule has 4 nitrogen and oxygen atoms in total. The summed E-state index contributed by atoms with van der Waals surface area (Å²) in [6.07, 6.45) is 3.67. The number of aliphatic hydroxyl groups is 1. The van der Waals surface area contributed by atoms with Gasteiger partial charge < -0.3 is 5.11 Å². The third kappa shape index (κ3) is 2.18. The van der Waals surface area contributed by atoms with Crippen molar-refractivity contribution in [2.45, 2.75) is 26.0 Å². The molecule has 2 rings (SSSR count). The molecule has 1 N–H and O–H groups in total. The van der Waals surface area contributed by atoms with Crippen LogP contribution in [0.15, 0.2) is 22.2 Å². The molecule has 0 fully saturated rings. The third-order valence-corrected chi connectivity index (χ3v) is 3.65. The van der Waals surface area contributed by atoms with Gasteiger partial charge >= 0.3 is 0 Å². The van der Waals surface area contributed by atoms with Crippen molar-refractivity contribution in [3.05, 3.63) is 32.9 Å². The molecular weight excluding hydrogens is 290 g/mol. The van der Waals surface area contributed by atoms with E-state index in [2.05, 4.69) is 32.9 Å². The number of nitrogens with zero attached hydrogens (tertiary/aromatic N) is 3. The Balaban J connectivity index is 2.35. The van der Waals surface area contributed by atoms with Crippen LogP contribution in [0.5, 0.6) is 0 Å². The number of hydrogen-bond donors (Lipinski definition) is 1. The summed E-state index contributed by atoms with van der Waals surface area (Å²) in [5.74, 6) is 0. The minimum Gasteiger partial charge on any atom is -0.379 e. The fourth-order valence-electron chi connectivity index (χ4n) is 1.52. The van der Waals surface area contributed by atoms with Crippen molar-refractivity contribution in [1.82, 2.24) is 14.8 Å². The van der Waals surface area contributed by atoms with Crippen LogP contribution in [0.4, 0.5) is 0 Å². The molecule has 0 spiro atoms. The number of halogens is 1. The molecule has 0 aliphatic carbocycles. The summed E-state index contributed by atoms with van der Waals surface area (Å²) in [7, 11) is 0. The summed E-state index contributed by atoms with van der Waals surface area (Å²) in [5, 5.41) is 17.0. The largest absolute Gasteiger partial charge is 0.379 e. The zero-order valence-electron chi connectivity index (χ0n) is 8.80. The Morgan fingerprint density at radius 2 is 2.44 bits per heavy atom. The van der Waals surface area contributed by atoms with Gasteiger partial charge in [-0.15, -0.1) is 11.3 Å². The van der Waals surface area contributed by atoms with E-state index in [1.54, 1.807) is 12.4 Å². The fraction of sp³-hybridized carbons (Fsp3) is 0.400. The molecule has 0 radical (unpaired) electrons. The van der Waals surface area contributed by atoms with Crippen LogP contribution in [0.1, 0.15) is 30.2 Å². The quantitative estimate of drug-likeness (QED) is 0.944. The highest BCUT2D eigenvalue weighted by molar-refractivity contribution is 9.10. The van der Waals surface area contributed by atoms with E-state index in [9.17, 15) is 5.11 Å². The molecule has 0 aliphatic rings. The maximum Gasteiger partial charge on any atom is 0.148 e. The molecule has 2 heterocycles. The van der Waals surface area contributed by atoms with Gasteiger partial charge in [-0.3, -0.25) is 4.68 Å². The third-order valence-electron chi connectivity index (χ3n) is 2.21. The van der Waals surface area contributed by atoms with Crippen molar-refractivity contribution >= 4 is 27.3 Å². The van der Waals surface area contributed by atoms with E-state index in [0.717, 1.165) is 23.1 Å². The molecule has 16 heavy (non-hydrogen) atoms. The molecule has 1 atom stereocenters. The van der Waals surface area contributed by atoms with Crippen LogP contribution in [0, 0.1) is 0 Å². The lowest BCUT2D eigenvalue weighted by molar-refractivity contribution is 0.206. The highest BCUT2D eigenvalue weighted by Crippen LogP contribution is 2.29. The normalized spacial score (nSPS) is 12.9. The lowest BCUT2D eigenvalue weighted by Gasteiger charge is -2.11. The van der Waals surface area contributed by atoms with Gasteiger partial charge in [0.25, 0.3) is 0 Å². The first-order valence-corrected chi connectivity index (χ1v) is 6.70. The van der Waals surface area contributed by atoms with Gasteiger partial charge in [-0.2, -0.15) is 5.10 Å². The summed E-state index contributed by atoms with van der Waals surface area (Å²) in [6, 6.07) is 0. The molecule has 1 unspecified atom stereocenters. The summed E-state index contributed by atoms with van der Waals surface area (Å²) < 4.78 is 2.64. The standard InChI is InChI=1S/C10H12BrN3OS/c1-2-4-14-8(7(11)6-13-14)9(15)10-12-3-5-16-10/h3,5-6,9,15H,2,4H2,1H3. The Kier molecular flexibility index (Phi) is 3.73. The second-order valence-corrected chi connectivity index (χ2v) is 5.15. The number of aromatic nitrogens is 3. The number of rotatable bonds is 4. The van der Waals surface area contributed by atoms with Crippen LogP contribution in [-0.2, 0) is 6.54 Å². The summed E-state index contributed by atoms with van der Waals surface area (Å²) in [5.41, 5.74) is 0.775. The molecule has 0 bridgehead atoms. The van der Waals surface area contributed by atoms with Gasteiger partial charge in [0.05, 0.1) is 16.4 Å². The average Bonchev–Trinajstić information content (AvgIpc) is 2.88. The average molecular weight is 302 g/mol. The Bertz CT molecular complexity index is 455. The number of thiazole rings is 1. The Morgan fingerprint density at radius 1 is 1.62 bits per heavy atom. The van der Waals surface area contributed by atoms with E-state index in [1.807, 2.05) is 10.1 Å². The molecule has 86 valence electrons.